The van der Waals surface area contributed by atoms with Crippen LogP contribution >= 0.6 is 0 Å². The van der Waals surface area contributed by atoms with Crippen molar-refractivity contribution in [2.24, 2.45) is 0 Å². The summed E-state index contributed by atoms with van der Waals surface area (Å²) in [6.07, 6.45) is -0.408. The van der Waals surface area contributed by atoms with Crippen molar-refractivity contribution in [2.75, 3.05) is 11.9 Å². The Labute approximate surface area is 232 Å². The first kappa shape index (κ1) is 29.7. The Morgan fingerprint density at radius 1 is 0.800 bits per heavy atom. The van der Waals surface area contributed by atoms with Gasteiger partial charge in [0.1, 0.15) is 12.6 Å². The largest absolute Gasteiger partial charge is 0.465 e. The van der Waals surface area contributed by atoms with Gasteiger partial charge in [0.05, 0.1) is 12.2 Å². The molecule has 0 bridgehead atoms. The molecule has 3 aromatic rings. The van der Waals surface area contributed by atoms with Crippen LogP contribution in [0.25, 0.3) is 0 Å². The highest BCUT2D eigenvalue weighted by molar-refractivity contribution is 5.95. The average Bonchev–Trinajstić information content (AvgIpc) is 2.95. The molecule has 0 radical (unpaired) electrons. The van der Waals surface area contributed by atoms with E-state index in [9.17, 15) is 24.3 Å². The molecule has 3 aromatic carbocycles. The number of carboxylic acid groups (broad SMARTS) is 1. The molecular weight excluding hydrogens is 514 g/mol. The summed E-state index contributed by atoms with van der Waals surface area (Å²) in [7, 11) is 0. The zero-order valence-electron chi connectivity index (χ0n) is 22.2. The molecule has 3 rings (SSSR count). The molecule has 0 fully saturated rings. The van der Waals surface area contributed by atoms with E-state index in [0.717, 1.165) is 11.1 Å². The van der Waals surface area contributed by atoms with Crippen LogP contribution in [0, 0.1) is 0 Å². The zero-order chi connectivity index (χ0) is 28.7. The van der Waals surface area contributed by atoms with Crippen LogP contribution in [0.4, 0.5) is 15.3 Å². The van der Waals surface area contributed by atoms with Crippen molar-refractivity contribution in [3.63, 3.8) is 0 Å². The van der Waals surface area contributed by atoms with E-state index in [1.165, 1.54) is 6.07 Å². The summed E-state index contributed by atoms with van der Waals surface area (Å²) in [5, 5.41) is 17.1. The maximum absolute atomic E-state index is 13.1. The minimum absolute atomic E-state index is 0.0158. The third-order valence-corrected chi connectivity index (χ3v) is 5.90. The van der Waals surface area contributed by atoms with Crippen molar-refractivity contribution in [3.05, 3.63) is 102 Å². The van der Waals surface area contributed by atoms with Gasteiger partial charge in [0.2, 0.25) is 0 Å². The number of hydrogen-bond donors (Lipinski definition) is 4. The van der Waals surface area contributed by atoms with Gasteiger partial charge in [-0.3, -0.25) is 0 Å². The second-order valence-corrected chi connectivity index (χ2v) is 8.96. The number of carbonyl (C=O) groups excluding carboxylic acids is 3. The summed E-state index contributed by atoms with van der Waals surface area (Å²) in [5.41, 5.74) is 2.30. The summed E-state index contributed by atoms with van der Waals surface area (Å²) < 4.78 is 10.5. The normalized spacial score (nSPS) is 11.9. The Bertz CT molecular complexity index is 1270. The number of carbonyl (C=O) groups is 4. The Hall–Kier alpha value is -4.86. The van der Waals surface area contributed by atoms with Crippen LogP contribution in [0.2, 0.25) is 0 Å². The molecule has 2 atom stereocenters. The van der Waals surface area contributed by atoms with Gasteiger partial charge in [-0.15, -0.1) is 0 Å². The second kappa shape index (κ2) is 15.5. The number of urea groups is 1. The highest BCUT2D eigenvalue weighted by Crippen LogP contribution is 2.14. The number of rotatable bonds is 13. The van der Waals surface area contributed by atoms with Crippen molar-refractivity contribution in [3.8, 4) is 0 Å². The van der Waals surface area contributed by atoms with Crippen LogP contribution in [-0.4, -0.2) is 47.9 Å². The van der Waals surface area contributed by atoms with Crippen molar-refractivity contribution < 1.29 is 33.8 Å². The Kier molecular flexibility index (Phi) is 11.5. The molecule has 0 spiro atoms. The lowest BCUT2D eigenvalue weighted by atomic mass is 9.99. The summed E-state index contributed by atoms with van der Waals surface area (Å²) in [6.45, 7) is 1.93. The van der Waals surface area contributed by atoms with E-state index in [0.29, 0.717) is 12.1 Å². The van der Waals surface area contributed by atoms with E-state index >= 15 is 0 Å². The van der Waals surface area contributed by atoms with Crippen molar-refractivity contribution in [1.82, 2.24) is 10.6 Å². The summed E-state index contributed by atoms with van der Waals surface area (Å²) in [6, 6.07) is 22.4. The first-order chi connectivity index (χ1) is 19.3. The van der Waals surface area contributed by atoms with Gasteiger partial charge >= 0.3 is 24.1 Å². The van der Waals surface area contributed by atoms with Crippen LogP contribution in [-0.2, 0) is 27.3 Å². The van der Waals surface area contributed by atoms with Crippen LogP contribution in [0.5, 0.6) is 0 Å². The van der Waals surface area contributed by atoms with E-state index in [-0.39, 0.29) is 31.6 Å². The van der Waals surface area contributed by atoms with E-state index in [1.807, 2.05) is 60.7 Å². The molecule has 0 aromatic heterocycles. The minimum Gasteiger partial charge on any atom is -0.465 e. The van der Waals surface area contributed by atoms with Gasteiger partial charge in [-0.25, -0.2) is 19.2 Å². The fraction of sp³-hybridized carbons (Fsp3) is 0.267. The Morgan fingerprint density at radius 2 is 1.48 bits per heavy atom. The quantitative estimate of drug-likeness (QED) is 0.226. The molecule has 0 heterocycles. The number of amides is 3. The fourth-order valence-electron chi connectivity index (χ4n) is 4.01. The lowest BCUT2D eigenvalue weighted by Crippen LogP contribution is -2.45. The molecule has 0 saturated heterocycles. The fourth-order valence-corrected chi connectivity index (χ4v) is 4.01. The summed E-state index contributed by atoms with van der Waals surface area (Å²) >= 11 is 0. The monoisotopic (exact) mass is 547 g/mol. The number of ether oxygens (including phenoxy) is 2. The van der Waals surface area contributed by atoms with Crippen LogP contribution in [0.3, 0.4) is 0 Å². The van der Waals surface area contributed by atoms with Gasteiger partial charge < -0.3 is 30.5 Å². The highest BCUT2D eigenvalue weighted by atomic mass is 16.5. The highest BCUT2D eigenvalue weighted by Gasteiger charge is 2.25. The predicted octanol–water partition coefficient (Wildman–Crippen LogP) is 4.76. The van der Waals surface area contributed by atoms with Crippen LogP contribution < -0.4 is 16.0 Å². The predicted molar refractivity (Wildman–Crippen MR) is 149 cm³/mol. The molecule has 0 aliphatic heterocycles. The van der Waals surface area contributed by atoms with E-state index in [2.05, 4.69) is 16.0 Å². The lowest BCUT2D eigenvalue weighted by Gasteiger charge is -2.22. The number of esters is 2. The molecule has 1 unspecified atom stereocenters. The first-order valence-corrected chi connectivity index (χ1v) is 12.9. The summed E-state index contributed by atoms with van der Waals surface area (Å²) in [4.78, 5) is 49.4. The molecule has 0 aliphatic rings. The van der Waals surface area contributed by atoms with E-state index in [1.54, 1.807) is 25.1 Å². The number of benzene rings is 3. The number of anilines is 1. The second-order valence-electron chi connectivity index (χ2n) is 8.96. The minimum atomic E-state index is -1.18. The molecule has 0 saturated carbocycles. The SMILES string of the molecule is CCOC(=O)c1cccc(NC(=O)N[C@@H](CCC(Cc2ccccc2)NC(=O)O)C(=O)OCc2ccccc2)c1. The van der Waals surface area contributed by atoms with Crippen LogP contribution in [0.15, 0.2) is 84.9 Å². The number of nitrogens with one attached hydrogen (secondary N) is 3. The average molecular weight is 548 g/mol. The van der Waals surface area contributed by atoms with Gasteiger partial charge in [0.15, 0.2) is 0 Å². The van der Waals surface area contributed by atoms with Gasteiger partial charge in [-0.2, -0.15) is 0 Å². The van der Waals surface area contributed by atoms with E-state index < -0.39 is 36.1 Å². The van der Waals surface area contributed by atoms with Crippen LogP contribution in [0.1, 0.15) is 41.3 Å². The number of hydrogen-bond acceptors (Lipinski definition) is 6. The Balaban J connectivity index is 1.70. The molecule has 10 nitrogen and oxygen atoms in total. The third kappa shape index (κ3) is 10.1. The standard InChI is InChI=1S/C30H33N3O7/c1-2-39-27(34)23-14-9-15-24(19-23)31-29(36)33-26(28(35)40-20-22-12-7-4-8-13-22)17-16-25(32-30(37)38)18-21-10-5-3-6-11-21/h3-15,19,25-26,32H,2,16-18,20H2,1H3,(H,37,38)(H2,31,33,36)/t25?,26-/m0/s1. The topological polar surface area (TPSA) is 143 Å². The van der Waals surface area contributed by atoms with Crippen molar-refractivity contribution >= 4 is 29.8 Å². The third-order valence-electron chi connectivity index (χ3n) is 5.90. The van der Waals surface area contributed by atoms with Gasteiger partial charge in [-0.1, -0.05) is 66.7 Å². The maximum atomic E-state index is 13.1. The van der Waals surface area contributed by atoms with E-state index in [4.69, 9.17) is 9.47 Å². The molecule has 3 amide bonds. The van der Waals surface area contributed by atoms with Crippen molar-refractivity contribution in [1.29, 1.82) is 0 Å². The van der Waals surface area contributed by atoms with Gasteiger partial charge in [-0.05, 0) is 55.5 Å². The lowest BCUT2D eigenvalue weighted by molar-refractivity contribution is -0.147. The van der Waals surface area contributed by atoms with Gasteiger partial charge in [0.25, 0.3) is 0 Å². The molecule has 10 heteroatoms. The van der Waals surface area contributed by atoms with Gasteiger partial charge in [0, 0.05) is 11.7 Å². The zero-order valence-corrected chi connectivity index (χ0v) is 22.2. The van der Waals surface area contributed by atoms with Crippen molar-refractivity contribution in [2.45, 2.75) is 44.9 Å². The first-order valence-electron chi connectivity index (χ1n) is 12.9. The molecular formula is C30H33N3O7. The molecule has 40 heavy (non-hydrogen) atoms. The Morgan fingerprint density at radius 3 is 2.12 bits per heavy atom. The smallest absolute Gasteiger partial charge is 0.404 e. The molecule has 4 N–H and O–H groups in total. The molecule has 0 aliphatic carbocycles. The molecule has 210 valence electrons. The summed E-state index contributed by atoms with van der Waals surface area (Å²) in [5.74, 6) is -1.18. The maximum Gasteiger partial charge on any atom is 0.404 e.